The molecule has 0 bridgehead atoms. The molecule has 0 amide bonds. The van der Waals surface area contributed by atoms with E-state index in [4.69, 9.17) is 4.74 Å². The first-order chi connectivity index (χ1) is 13.2. The summed E-state index contributed by atoms with van der Waals surface area (Å²) in [4.78, 5) is 5.84. The normalized spacial score (nSPS) is 13.3. The van der Waals surface area contributed by atoms with Crippen molar-refractivity contribution in [2.45, 2.75) is 45.6 Å². The highest BCUT2D eigenvalue weighted by Gasteiger charge is 2.16. The molecule has 0 atom stereocenters. The summed E-state index contributed by atoms with van der Waals surface area (Å²) in [7, 11) is 0. The van der Waals surface area contributed by atoms with E-state index in [0.717, 1.165) is 17.0 Å². The van der Waals surface area contributed by atoms with Gasteiger partial charge in [-0.3, -0.25) is 0 Å². The van der Waals surface area contributed by atoms with Crippen LogP contribution in [0.15, 0.2) is 42.6 Å². The highest BCUT2D eigenvalue weighted by atomic mass is 32.1. The number of aromatic nitrogens is 1. The number of hydrogen-bond donors (Lipinski definition) is 0. The van der Waals surface area contributed by atoms with Crippen LogP contribution in [-0.4, -0.2) is 11.1 Å². The summed E-state index contributed by atoms with van der Waals surface area (Å²) < 4.78 is 5.72. The van der Waals surface area contributed by atoms with Gasteiger partial charge < -0.3 is 4.74 Å². The summed E-state index contributed by atoms with van der Waals surface area (Å²) in [6, 6.07) is 14.6. The molecule has 0 N–H and O–H groups in total. The molecule has 1 aromatic heterocycles. The van der Waals surface area contributed by atoms with Crippen molar-refractivity contribution < 1.29 is 4.74 Å². The SMILES string of the molecule is CC(C)Oc1ccc(-c2ncc(-c3cccc4c3CCCC4)s2)cc1C#N. The van der Waals surface area contributed by atoms with Crippen LogP contribution in [0, 0.1) is 11.3 Å². The van der Waals surface area contributed by atoms with Crippen LogP contribution >= 0.6 is 11.3 Å². The highest BCUT2D eigenvalue weighted by molar-refractivity contribution is 7.18. The first-order valence-corrected chi connectivity index (χ1v) is 10.3. The number of nitriles is 1. The lowest BCUT2D eigenvalue weighted by molar-refractivity contribution is 0.242. The van der Waals surface area contributed by atoms with Crippen molar-refractivity contribution in [3.63, 3.8) is 0 Å². The molecule has 4 rings (SSSR count). The third kappa shape index (κ3) is 3.61. The predicted octanol–water partition coefficient (Wildman–Crippen LogP) is 6.01. The Kier molecular flexibility index (Phi) is 4.96. The maximum atomic E-state index is 9.47. The van der Waals surface area contributed by atoms with E-state index in [1.54, 1.807) is 11.3 Å². The van der Waals surface area contributed by atoms with Crippen molar-refractivity contribution in [2.75, 3.05) is 0 Å². The minimum atomic E-state index is 0.0404. The number of rotatable bonds is 4. The van der Waals surface area contributed by atoms with Gasteiger partial charge in [-0.15, -0.1) is 11.3 Å². The molecule has 0 saturated carbocycles. The van der Waals surface area contributed by atoms with E-state index >= 15 is 0 Å². The summed E-state index contributed by atoms with van der Waals surface area (Å²) in [6.07, 6.45) is 6.88. The van der Waals surface area contributed by atoms with Crippen molar-refractivity contribution in [3.8, 4) is 32.8 Å². The molecule has 136 valence electrons. The lowest BCUT2D eigenvalue weighted by atomic mass is 9.88. The molecule has 1 aliphatic rings. The van der Waals surface area contributed by atoms with Gasteiger partial charge >= 0.3 is 0 Å². The van der Waals surface area contributed by atoms with Crippen LogP contribution in [-0.2, 0) is 12.8 Å². The van der Waals surface area contributed by atoms with Crippen LogP contribution in [0.2, 0.25) is 0 Å². The van der Waals surface area contributed by atoms with Crippen molar-refractivity contribution in [3.05, 3.63) is 59.3 Å². The van der Waals surface area contributed by atoms with E-state index in [1.165, 1.54) is 40.8 Å². The molecule has 0 fully saturated rings. The minimum absolute atomic E-state index is 0.0404. The first kappa shape index (κ1) is 17.8. The lowest BCUT2D eigenvalue weighted by Crippen LogP contribution is -2.06. The van der Waals surface area contributed by atoms with Crippen LogP contribution in [0.4, 0.5) is 0 Å². The van der Waals surface area contributed by atoms with Gasteiger partial charge in [0.15, 0.2) is 0 Å². The zero-order chi connectivity index (χ0) is 18.8. The van der Waals surface area contributed by atoms with Gasteiger partial charge in [0.25, 0.3) is 0 Å². The maximum Gasteiger partial charge on any atom is 0.137 e. The fraction of sp³-hybridized carbons (Fsp3) is 0.304. The molecule has 0 saturated heterocycles. The first-order valence-electron chi connectivity index (χ1n) is 9.44. The predicted molar refractivity (Wildman–Crippen MR) is 110 cm³/mol. The number of hydrogen-bond acceptors (Lipinski definition) is 4. The molecule has 27 heavy (non-hydrogen) atoms. The van der Waals surface area contributed by atoms with Gasteiger partial charge in [-0.1, -0.05) is 18.2 Å². The Bertz CT molecular complexity index is 1010. The third-order valence-corrected chi connectivity index (χ3v) is 5.96. The van der Waals surface area contributed by atoms with Crippen molar-refractivity contribution in [1.29, 1.82) is 5.26 Å². The Morgan fingerprint density at radius 1 is 1.15 bits per heavy atom. The molecule has 0 unspecified atom stereocenters. The summed E-state index contributed by atoms with van der Waals surface area (Å²) in [6.45, 7) is 3.92. The largest absolute Gasteiger partial charge is 0.490 e. The van der Waals surface area contributed by atoms with Gasteiger partial charge in [0.05, 0.1) is 16.5 Å². The molecule has 1 aliphatic carbocycles. The van der Waals surface area contributed by atoms with Crippen LogP contribution in [0.25, 0.3) is 21.0 Å². The van der Waals surface area contributed by atoms with Gasteiger partial charge in [-0.25, -0.2) is 4.98 Å². The number of ether oxygens (including phenoxy) is 1. The topological polar surface area (TPSA) is 45.9 Å². The van der Waals surface area contributed by atoms with Crippen LogP contribution in [0.1, 0.15) is 43.4 Å². The highest BCUT2D eigenvalue weighted by Crippen LogP contribution is 2.38. The number of aryl methyl sites for hydroxylation is 1. The summed E-state index contributed by atoms with van der Waals surface area (Å²) >= 11 is 1.69. The molecular weight excluding hydrogens is 352 g/mol. The van der Waals surface area contributed by atoms with Gasteiger partial charge in [-0.05, 0) is 74.4 Å². The van der Waals surface area contributed by atoms with E-state index in [-0.39, 0.29) is 6.10 Å². The third-order valence-electron chi connectivity index (χ3n) is 4.88. The molecular formula is C23H22N2OS. The van der Waals surface area contributed by atoms with Crippen LogP contribution in [0.5, 0.6) is 5.75 Å². The zero-order valence-corrected chi connectivity index (χ0v) is 16.5. The number of benzene rings is 2. The van der Waals surface area contributed by atoms with Crippen molar-refractivity contribution in [2.24, 2.45) is 0 Å². The second kappa shape index (κ2) is 7.54. The Morgan fingerprint density at radius 3 is 2.81 bits per heavy atom. The van der Waals surface area contributed by atoms with Gasteiger partial charge in [0.2, 0.25) is 0 Å². The quantitative estimate of drug-likeness (QED) is 0.561. The van der Waals surface area contributed by atoms with E-state index < -0.39 is 0 Å². The second-order valence-electron chi connectivity index (χ2n) is 7.17. The van der Waals surface area contributed by atoms with E-state index in [2.05, 4.69) is 29.3 Å². The number of thiazole rings is 1. The van der Waals surface area contributed by atoms with E-state index in [1.807, 2.05) is 38.2 Å². The van der Waals surface area contributed by atoms with E-state index in [9.17, 15) is 5.26 Å². The molecule has 0 aliphatic heterocycles. The minimum Gasteiger partial charge on any atom is -0.490 e. The average Bonchev–Trinajstić information content (AvgIpc) is 3.17. The van der Waals surface area contributed by atoms with Crippen LogP contribution < -0.4 is 4.74 Å². The molecule has 2 aromatic carbocycles. The molecule has 3 nitrogen and oxygen atoms in total. The monoisotopic (exact) mass is 374 g/mol. The Hall–Kier alpha value is -2.64. The van der Waals surface area contributed by atoms with E-state index in [0.29, 0.717) is 11.3 Å². The second-order valence-corrected chi connectivity index (χ2v) is 8.20. The molecule has 0 spiro atoms. The Labute approximate surface area is 164 Å². The molecule has 3 aromatic rings. The van der Waals surface area contributed by atoms with Gasteiger partial charge in [-0.2, -0.15) is 5.26 Å². The van der Waals surface area contributed by atoms with Gasteiger partial charge in [0, 0.05) is 11.8 Å². The fourth-order valence-corrected chi connectivity index (χ4v) is 4.62. The summed E-state index contributed by atoms with van der Waals surface area (Å²) in [5.41, 5.74) is 5.79. The molecule has 1 heterocycles. The number of nitrogens with zero attached hydrogens (tertiary/aromatic N) is 2. The maximum absolute atomic E-state index is 9.47. The lowest BCUT2D eigenvalue weighted by Gasteiger charge is -2.18. The molecule has 4 heteroatoms. The molecule has 0 radical (unpaired) electrons. The van der Waals surface area contributed by atoms with Crippen LogP contribution in [0.3, 0.4) is 0 Å². The smallest absolute Gasteiger partial charge is 0.137 e. The number of fused-ring (bicyclic) bond motifs is 1. The van der Waals surface area contributed by atoms with Crippen molar-refractivity contribution in [1.82, 2.24) is 4.98 Å². The van der Waals surface area contributed by atoms with Gasteiger partial charge in [0.1, 0.15) is 16.8 Å². The zero-order valence-electron chi connectivity index (χ0n) is 15.7. The average molecular weight is 375 g/mol. The summed E-state index contributed by atoms with van der Waals surface area (Å²) in [5.74, 6) is 0.630. The standard InChI is InChI=1S/C23H22N2OS/c1-15(2)26-21-11-10-17(12-18(21)13-24)23-25-14-22(27-23)20-9-5-7-16-6-3-4-8-19(16)20/h5,7,9-12,14-15H,3-4,6,8H2,1-2H3. The van der Waals surface area contributed by atoms with Crippen molar-refractivity contribution >= 4 is 11.3 Å². The fourth-order valence-electron chi connectivity index (χ4n) is 3.65. The Balaban J connectivity index is 1.69. The summed E-state index contributed by atoms with van der Waals surface area (Å²) in [5, 5.41) is 10.4. The Morgan fingerprint density at radius 2 is 2.00 bits per heavy atom.